The zero-order valence-corrected chi connectivity index (χ0v) is 13.9. The average Bonchev–Trinajstić information content (AvgIpc) is 3.28. The summed E-state index contributed by atoms with van der Waals surface area (Å²) in [5, 5.41) is 19.5. The minimum absolute atomic E-state index is 0.0531. The van der Waals surface area contributed by atoms with Crippen LogP contribution < -0.4 is 0 Å². The summed E-state index contributed by atoms with van der Waals surface area (Å²) in [5.74, 6) is 4.00. The van der Waals surface area contributed by atoms with Crippen LogP contribution in [-0.2, 0) is 5.41 Å². The van der Waals surface area contributed by atoms with Gasteiger partial charge in [0.05, 0.1) is 0 Å². The van der Waals surface area contributed by atoms with Gasteiger partial charge in [0.15, 0.2) is 0 Å². The number of aromatic hydroxyl groups is 2. The monoisotopic (exact) mass is 320 g/mol. The molecule has 3 saturated carbocycles. The van der Waals surface area contributed by atoms with E-state index in [1.807, 2.05) is 24.3 Å². The second-order valence-electron chi connectivity index (χ2n) is 8.13. The van der Waals surface area contributed by atoms with Crippen molar-refractivity contribution in [3.63, 3.8) is 0 Å². The van der Waals surface area contributed by atoms with Gasteiger partial charge in [-0.15, -0.1) is 0 Å². The van der Waals surface area contributed by atoms with Crippen LogP contribution in [0.1, 0.15) is 43.2 Å². The van der Waals surface area contributed by atoms with Crippen LogP contribution >= 0.6 is 0 Å². The molecule has 24 heavy (non-hydrogen) atoms. The quantitative estimate of drug-likeness (QED) is 0.831. The zero-order chi connectivity index (χ0) is 16.3. The van der Waals surface area contributed by atoms with Gasteiger partial charge in [0.2, 0.25) is 0 Å². The molecule has 2 aromatic rings. The Bertz CT molecular complexity index is 701. The van der Waals surface area contributed by atoms with E-state index in [2.05, 4.69) is 24.3 Å². The SMILES string of the molecule is Oc1ccc(C2(c3ccc(O)cc3)C[C@H]3C[C@@H]2C2CCCC23)cc1. The Kier molecular flexibility index (Phi) is 3.01. The Labute approximate surface area is 143 Å². The zero-order valence-electron chi connectivity index (χ0n) is 13.9. The minimum Gasteiger partial charge on any atom is -0.508 e. The third-order valence-electron chi connectivity index (χ3n) is 7.29. The number of hydrogen-bond acceptors (Lipinski definition) is 2. The Hall–Kier alpha value is -1.96. The van der Waals surface area contributed by atoms with Gasteiger partial charge in [0, 0.05) is 5.41 Å². The highest BCUT2D eigenvalue weighted by Crippen LogP contribution is 2.68. The van der Waals surface area contributed by atoms with Crippen LogP contribution in [0, 0.1) is 23.7 Å². The van der Waals surface area contributed by atoms with Crippen molar-refractivity contribution in [1.29, 1.82) is 0 Å². The van der Waals surface area contributed by atoms with E-state index < -0.39 is 0 Å². The van der Waals surface area contributed by atoms with Crippen LogP contribution in [0.5, 0.6) is 11.5 Å². The van der Waals surface area contributed by atoms with E-state index >= 15 is 0 Å². The van der Waals surface area contributed by atoms with Gasteiger partial charge in [0.1, 0.15) is 11.5 Å². The number of phenols is 2. The van der Waals surface area contributed by atoms with E-state index in [9.17, 15) is 10.2 Å². The van der Waals surface area contributed by atoms with Crippen LogP contribution in [-0.4, -0.2) is 10.2 Å². The third-order valence-corrected chi connectivity index (χ3v) is 7.29. The topological polar surface area (TPSA) is 40.5 Å². The molecule has 0 aliphatic heterocycles. The fourth-order valence-electron chi connectivity index (χ4n) is 6.49. The van der Waals surface area contributed by atoms with Crippen molar-refractivity contribution in [3.8, 4) is 11.5 Å². The van der Waals surface area contributed by atoms with Crippen LogP contribution in [0.4, 0.5) is 0 Å². The first-order valence-electron chi connectivity index (χ1n) is 9.27. The van der Waals surface area contributed by atoms with Crippen molar-refractivity contribution in [3.05, 3.63) is 59.7 Å². The number of hydrogen-bond donors (Lipinski definition) is 2. The molecular formula is C22H24O2. The maximum atomic E-state index is 9.74. The molecule has 4 atom stereocenters. The smallest absolute Gasteiger partial charge is 0.115 e. The van der Waals surface area contributed by atoms with Gasteiger partial charge < -0.3 is 10.2 Å². The molecule has 0 saturated heterocycles. The molecule has 0 amide bonds. The van der Waals surface area contributed by atoms with Gasteiger partial charge in [0.25, 0.3) is 0 Å². The molecule has 3 aliphatic rings. The Morgan fingerprint density at radius 1 is 0.750 bits per heavy atom. The molecule has 2 unspecified atom stereocenters. The predicted octanol–water partition coefficient (Wildman–Crippen LogP) is 4.84. The van der Waals surface area contributed by atoms with Crippen LogP contribution in [0.25, 0.3) is 0 Å². The first kappa shape index (κ1) is 14.4. The van der Waals surface area contributed by atoms with Gasteiger partial charge in [-0.25, -0.2) is 0 Å². The lowest BCUT2D eigenvalue weighted by Crippen LogP contribution is -2.40. The van der Waals surface area contributed by atoms with Crippen LogP contribution in [0.3, 0.4) is 0 Å². The molecule has 2 nitrogen and oxygen atoms in total. The fourth-order valence-corrected chi connectivity index (χ4v) is 6.49. The van der Waals surface area contributed by atoms with Crippen molar-refractivity contribution in [2.24, 2.45) is 23.7 Å². The Balaban J connectivity index is 1.67. The van der Waals surface area contributed by atoms with Gasteiger partial charge in [-0.3, -0.25) is 0 Å². The highest BCUT2D eigenvalue weighted by Gasteiger charge is 2.61. The molecule has 3 aliphatic carbocycles. The van der Waals surface area contributed by atoms with Crippen LogP contribution in [0.15, 0.2) is 48.5 Å². The number of fused-ring (bicyclic) bond motifs is 5. The van der Waals surface area contributed by atoms with Crippen LogP contribution in [0.2, 0.25) is 0 Å². The largest absolute Gasteiger partial charge is 0.508 e. The summed E-state index contributed by atoms with van der Waals surface area (Å²) in [4.78, 5) is 0. The number of rotatable bonds is 2. The molecule has 124 valence electrons. The highest BCUT2D eigenvalue weighted by atomic mass is 16.3. The summed E-state index contributed by atoms with van der Waals surface area (Å²) in [7, 11) is 0. The molecular weight excluding hydrogens is 296 g/mol. The molecule has 2 heteroatoms. The summed E-state index contributed by atoms with van der Waals surface area (Å²) in [6.07, 6.45) is 6.76. The van der Waals surface area contributed by atoms with E-state index in [0.717, 1.165) is 17.8 Å². The van der Waals surface area contributed by atoms with E-state index in [4.69, 9.17) is 0 Å². The maximum Gasteiger partial charge on any atom is 0.115 e. The first-order chi connectivity index (χ1) is 11.7. The summed E-state index contributed by atoms with van der Waals surface area (Å²) in [5.41, 5.74) is 2.73. The molecule has 2 N–H and O–H groups in total. The second-order valence-corrected chi connectivity index (χ2v) is 8.13. The molecule has 0 heterocycles. The second kappa shape index (κ2) is 5.02. The lowest BCUT2D eigenvalue weighted by molar-refractivity contribution is 0.181. The standard InChI is InChI=1S/C22H24O2/c23-17-8-4-15(5-9-17)22(16-6-10-18(24)11-7-16)13-14-12-21(22)20-3-1-2-19(14)20/h4-11,14,19-21,23-24H,1-3,12-13H2/t14-,19?,20?,21-/m1/s1. The molecule has 5 rings (SSSR count). The van der Waals surface area contributed by atoms with Crippen molar-refractivity contribution in [2.45, 2.75) is 37.5 Å². The normalized spacial score (nSPS) is 32.8. The van der Waals surface area contributed by atoms with E-state index in [-0.39, 0.29) is 5.41 Å². The number of benzene rings is 2. The average molecular weight is 320 g/mol. The van der Waals surface area contributed by atoms with E-state index in [1.54, 1.807) is 0 Å². The summed E-state index contributed by atoms with van der Waals surface area (Å²) in [6.45, 7) is 0. The molecule has 0 spiro atoms. The maximum absolute atomic E-state index is 9.74. The minimum atomic E-state index is 0.0531. The summed E-state index contributed by atoms with van der Waals surface area (Å²) < 4.78 is 0. The van der Waals surface area contributed by atoms with E-state index in [0.29, 0.717) is 17.4 Å². The molecule has 2 aromatic carbocycles. The molecule has 2 bridgehead atoms. The van der Waals surface area contributed by atoms with Gasteiger partial charge >= 0.3 is 0 Å². The van der Waals surface area contributed by atoms with E-state index in [1.165, 1.54) is 43.2 Å². The highest BCUT2D eigenvalue weighted by molar-refractivity contribution is 5.46. The van der Waals surface area contributed by atoms with Crippen molar-refractivity contribution >= 4 is 0 Å². The van der Waals surface area contributed by atoms with Gasteiger partial charge in [-0.2, -0.15) is 0 Å². The Morgan fingerprint density at radius 3 is 1.88 bits per heavy atom. The number of phenolic OH excluding ortho intramolecular Hbond substituents is 2. The lowest BCUT2D eigenvalue weighted by atomic mass is 9.59. The fraction of sp³-hybridized carbons (Fsp3) is 0.455. The van der Waals surface area contributed by atoms with Gasteiger partial charge in [-0.05, 0) is 84.7 Å². The summed E-state index contributed by atoms with van der Waals surface area (Å²) >= 11 is 0. The Morgan fingerprint density at radius 2 is 1.29 bits per heavy atom. The molecule has 0 aromatic heterocycles. The lowest BCUT2D eigenvalue weighted by Gasteiger charge is -2.44. The molecule has 0 radical (unpaired) electrons. The summed E-state index contributed by atoms with van der Waals surface area (Å²) in [6, 6.07) is 15.8. The third kappa shape index (κ3) is 1.83. The van der Waals surface area contributed by atoms with Crippen molar-refractivity contribution in [2.75, 3.05) is 0 Å². The predicted molar refractivity (Wildman–Crippen MR) is 94.0 cm³/mol. The van der Waals surface area contributed by atoms with Gasteiger partial charge in [-0.1, -0.05) is 30.7 Å². The first-order valence-corrected chi connectivity index (χ1v) is 9.27. The van der Waals surface area contributed by atoms with Crippen molar-refractivity contribution in [1.82, 2.24) is 0 Å². The van der Waals surface area contributed by atoms with Crippen molar-refractivity contribution < 1.29 is 10.2 Å². The molecule has 3 fully saturated rings.